The molecule has 0 aromatic heterocycles. The van der Waals surface area contributed by atoms with Gasteiger partial charge in [0.2, 0.25) is 0 Å². The van der Waals surface area contributed by atoms with Gasteiger partial charge in [-0.05, 0) is 54.7 Å². The molecule has 0 nitrogen and oxygen atoms in total. The van der Waals surface area contributed by atoms with Crippen LogP contribution in [0, 0.1) is 6.92 Å². The van der Waals surface area contributed by atoms with Crippen LogP contribution in [0.3, 0.4) is 0 Å². The van der Waals surface area contributed by atoms with Crippen molar-refractivity contribution >= 4 is 0 Å². The predicted molar refractivity (Wildman–Crippen MR) is 93.1 cm³/mol. The van der Waals surface area contributed by atoms with Gasteiger partial charge in [0.05, 0.1) is 0 Å². The Labute approximate surface area is 130 Å². The number of benzene rings is 2. The van der Waals surface area contributed by atoms with E-state index in [4.69, 9.17) is 0 Å². The Morgan fingerprint density at radius 1 is 0.857 bits per heavy atom. The number of hydrogen-bond acceptors (Lipinski definition) is 0. The lowest BCUT2D eigenvalue weighted by Crippen LogP contribution is -2.05. The molecule has 0 fully saturated rings. The van der Waals surface area contributed by atoms with Crippen molar-refractivity contribution in [2.24, 2.45) is 0 Å². The highest BCUT2D eigenvalue weighted by Crippen LogP contribution is 2.31. The third-order valence-corrected chi connectivity index (χ3v) is 4.45. The molecule has 0 heterocycles. The molecule has 0 radical (unpaired) electrons. The molecule has 1 unspecified atom stereocenters. The highest BCUT2D eigenvalue weighted by molar-refractivity contribution is 5.33. The first-order chi connectivity index (χ1) is 10.1. The molecular weight excluding hydrogens is 252 g/mol. The average molecular weight is 280 g/mol. The van der Waals surface area contributed by atoms with Crippen molar-refractivity contribution in [1.29, 1.82) is 0 Å². The molecule has 0 N–H and O–H groups in total. The van der Waals surface area contributed by atoms with E-state index in [1.54, 1.807) is 5.56 Å². The zero-order chi connectivity index (χ0) is 15.2. The van der Waals surface area contributed by atoms with Gasteiger partial charge in [-0.15, -0.1) is 0 Å². The molecule has 2 aromatic rings. The van der Waals surface area contributed by atoms with Crippen LogP contribution in [0.25, 0.3) is 0 Å². The Morgan fingerprint density at radius 3 is 2.05 bits per heavy atom. The first-order valence-corrected chi connectivity index (χ1v) is 8.26. The smallest absolute Gasteiger partial charge is 0.0159 e. The summed E-state index contributed by atoms with van der Waals surface area (Å²) < 4.78 is 0. The maximum Gasteiger partial charge on any atom is -0.0159 e. The molecule has 0 aliphatic heterocycles. The molecule has 1 atom stereocenters. The maximum absolute atomic E-state index is 2.33. The van der Waals surface area contributed by atoms with E-state index in [9.17, 15) is 0 Å². The second-order valence-electron chi connectivity index (χ2n) is 6.41. The highest BCUT2D eigenvalue weighted by atomic mass is 14.2. The Morgan fingerprint density at radius 2 is 1.48 bits per heavy atom. The summed E-state index contributed by atoms with van der Waals surface area (Å²) in [5.74, 6) is 1.28. The summed E-state index contributed by atoms with van der Waals surface area (Å²) in [5.41, 5.74) is 5.88. The average Bonchev–Trinajstić information content (AvgIpc) is 2.50. The maximum atomic E-state index is 2.33. The van der Waals surface area contributed by atoms with Crippen LogP contribution >= 0.6 is 0 Å². The highest BCUT2D eigenvalue weighted by Gasteiger charge is 2.15. The first kappa shape index (κ1) is 15.8. The Hall–Kier alpha value is -1.56. The monoisotopic (exact) mass is 280 g/mol. The topological polar surface area (TPSA) is 0 Å². The Kier molecular flexibility index (Phi) is 5.61. The molecule has 0 heteroatoms. The van der Waals surface area contributed by atoms with Crippen LogP contribution < -0.4 is 0 Å². The molecule has 112 valence electrons. The fourth-order valence-electron chi connectivity index (χ4n) is 3.08. The quantitative estimate of drug-likeness (QED) is 0.587. The molecule has 0 saturated carbocycles. The second kappa shape index (κ2) is 7.45. The minimum atomic E-state index is 0.606. The van der Waals surface area contributed by atoms with E-state index in [1.807, 2.05) is 0 Å². The number of rotatable bonds is 6. The summed E-state index contributed by atoms with van der Waals surface area (Å²) in [5, 5.41) is 0. The van der Waals surface area contributed by atoms with E-state index in [-0.39, 0.29) is 0 Å². The van der Waals surface area contributed by atoms with Crippen molar-refractivity contribution in [2.75, 3.05) is 0 Å². The van der Waals surface area contributed by atoms with Gasteiger partial charge in [-0.3, -0.25) is 0 Å². The first-order valence-electron chi connectivity index (χ1n) is 8.26. The Balaban J connectivity index is 2.11. The van der Waals surface area contributed by atoms with E-state index in [1.165, 1.54) is 36.0 Å². The van der Waals surface area contributed by atoms with E-state index in [0.717, 1.165) is 0 Å². The lowest BCUT2D eigenvalue weighted by atomic mass is 9.84. The number of aryl methyl sites for hydroxylation is 2. The molecule has 21 heavy (non-hydrogen) atoms. The fourth-order valence-corrected chi connectivity index (χ4v) is 3.08. The third-order valence-electron chi connectivity index (χ3n) is 4.45. The molecule has 0 saturated heterocycles. The Bertz CT molecular complexity index is 549. The third kappa shape index (κ3) is 4.20. The van der Waals surface area contributed by atoms with Gasteiger partial charge >= 0.3 is 0 Å². The summed E-state index contributed by atoms with van der Waals surface area (Å²) in [4.78, 5) is 0. The standard InChI is InChI=1S/C21H28/c1-5-19(15-14-18-12-10-17(4)11-13-18)21-9-7-6-8-20(21)16(2)3/h6-13,16,19H,5,14-15H2,1-4H3. The van der Waals surface area contributed by atoms with Crippen LogP contribution in [0.1, 0.15) is 67.7 Å². The summed E-state index contributed by atoms with van der Waals surface area (Å²) in [6.07, 6.45) is 3.63. The summed E-state index contributed by atoms with van der Waals surface area (Å²) in [6, 6.07) is 18.0. The summed E-state index contributed by atoms with van der Waals surface area (Å²) in [7, 11) is 0. The van der Waals surface area contributed by atoms with Gasteiger partial charge in [-0.25, -0.2) is 0 Å². The molecule has 0 spiro atoms. The van der Waals surface area contributed by atoms with Crippen molar-refractivity contribution in [3.05, 3.63) is 70.8 Å². The van der Waals surface area contributed by atoms with Crippen molar-refractivity contribution in [3.8, 4) is 0 Å². The van der Waals surface area contributed by atoms with E-state index >= 15 is 0 Å². The second-order valence-corrected chi connectivity index (χ2v) is 6.41. The normalized spacial score (nSPS) is 12.6. The van der Waals surface area contributed by atoms with Crippen molar-refractivity contribution in [2.45, 2.75) is 58.8 Å². The number of hydrogen-bond donors (Lipinski definition) is 0. The van der Waals surface area contributed by atoms with Gasteiger partial charge in [0.1, 0.15) is 0 Å². The van der Waals surface area contributed by atoms with Gasteiger partial charge < -0.3 is 0 Å². The minimum absolute atomic E-state index is 0.606. The molecule has 2 rings (SSSR count). The minimum Gasteiger partial charge on any atom is -0.0648 e. The molecule has 0 aliphatic carbocycles. The molecule has 2 aromatic carbocycles. The molecule has 0 bridgehead atoms. The predicted octanol–water partition coefficient (Wildman–Crippen LogP) is 6.24. The van der Waals surface area contributed by atoms with Crippen LogP contribution in [0.2, 0.25) is 0 Å². The van der Waals surface area contributed by atoms with Crippen LogP contribution in [-0.2, 0) is 6.42 Å². The zero-order valence-electron chi connectivity index (χ0n) is 13.9. The van der Waals surface area contributed by atoms with Gasteiger partial charge in [-0.1, -0.05) is 74.9 Å². The van der Waals surface area contributed by atoms with E-state index in [2.05, 4.69) is 76.2 Å². The molecular formula is C21H28. The molecule has 0 amide bonds. The van der Waals surface area contributed by atoms with E-state index in [0.29, 0.717) is 11.8 Å². The van der Waals surface area contributed by atoms with Crippen molar-refractivity contribution < 1.29 is 0 Å². The summed E-state index contributed by atoms with van der Waals surface area (Å²) >= 11 is 0. The van der Waals surface area contributed by atoms with Gasteiger partial charge in [0, 0.05) is 0 Å². The summed E-state index contributed by atoms with van der Waals surface area (Å²) in [6.45, 7) is 9.06. The SMILES string of the molecule is CCC(CCc1ccc(C)cc1)c1ccccc1C(C)C. The van der Waals surface area contributed by atoms with Crippen LogP contribution in [0.4, 0.5) is 0 Å². The van der Waals surface area contributed by atoms with Crippen LogP contribution in [0.5, 0.6) is 0 Å². The van der Waals surface area contributed by atoms with Gasteiger partial charge in [-0.2, -0.15) is 0 Å². The van der Waals surface area contributed by atoms with Gasteiger partial charge in [0.25, 0.3) is 0 Å². The van der Waals surface area contributed by atoms with Crippen molar-refractivity contribution in [3.63, 3.8) is 0 Å². The van der Waals surface area contributed by atoms with Crippen LogP contribution in [-0.4, -0.2) is 0 Å². The largest absolute Gasteiger partial charge is 0.0648 e. The van der Waals surface area contributed by atoms with Gasteiger partial charge in [0.15, 0.2) is 0 Å². The van der Waals surface area contributed by atoms with Crippen molar-refractivity contribution in [1.82, 2.24) is 0 Å². The van der Waals surface area contributed by atoms with Crippen LogP contribution in [0.15, 0.2) is 48.5 Å². The molecule has 0 aliphatic rings. The fraction of sp³-hybridized carbons (Fsp3) is 0.429. The zero-order valence-corrected chi connectivity index (χ0v) is 13.9. The van der Waals surface area contributed by atoms with E-state index < -0.39 is 0 Å². The lowest BCUT2D eigenvalue weighted by molar-refractivity contribution is 0.596. The lowest BCUT2D eigenvalue weighted by Gasteiger charge is -2.21.